The second kappa shape index (κ2) is 8.81. The van der Waals surface area contributed by atoms with Crippen LogP contribution in [0.25, 0.3) is 0 Å². The highest BCUT2D eigenvalue weighted by molar-refractivity contribution is 7.11. The van der Waals surface area contributed by atoms with Crippen molar-refractivity contribution < 1.29 is 4.79 Å². The number of piperazine rings is 1. The lowest BCUT2D eigenvalue weighted by Gasteiger charge is -2.39. The van der Waals surface area contributed by atoms with Crippen LogP contribution in [0.4, 0.5) is 0 Å². The molecule has 0 saturated carbocycles. The number of hydrogen-bond acceptors (Lipinski definition) is 5. The molecule has 2 fully saturated rings. The van der Waals surface area contributed by atoms with Gasteiger partial charge in [0, 0.05) is 57.4 Å². The van der Waals surface area contributed by atoms with Crippen molar-refractivity contribution in [2.24, 2.45) is 4.99 Å². The van der Waals surface area contributed by atoms with Crippen molar-refractivity contribution in [2.45, 2.75) is 39.3 Å². The summed E-state index contributed by atoms with van der Waals surface area (Å²) in [4.78, 5) is 29.1. The van der Waals surface area contributed by atoms with Crippen LogP contribution in [-0.4, -0.2) is 83.9 Å². The third-order valence-electron chi connectivity index (χ3n) is 5.24. The summed E-state index contributed by atoms with van der Waals surface area (Å²) in [6.45, 7) is 10.2. The van der Waals surface area contributed by atoms with E-state index in [-0.39, 0.29) is 6.04 Å². The van der Waals surface area contributed by atoms with Crippen LogP contribution >= 0.6 is 11.3 Å². The van der Waals surface area contributed by atoms with E-state index >= 15 is 0 Å². The summed E-state index contributed by atoms with van der Waals surface area (Å²) >= 11 is 1.71. The number of hydrogen-bond donors (Lipinski definition) is 1. The predicted octanol–water partition coefficient (Wildman–Crippen LogP) is 1.16. The van der Waals surface area contributed by atoms with Gasteiger partial charge in [-0.2, -0.15) is 0 Å². The largest absolute Gasteiger partial charge is 0.351 e. The number of thiazole rings is 1. The van der Waals surface area contributed by atoms with E-state index in [1.807, 2.05) is 25.1 Å². The Morgan fingerprint density at radius 3 is 2.50 bits per heavy atom. The summed E-state index contributed by atoms with van der Waals surface area (Å²) in [6, 6.07) is -0.0228. The van der Waals surface area contributed by atoms with Gasteiger partial charge in [-0.3, -0.25) is 14.7 Å². The molecule has 1 unspecified atom stereocenters. The summed E-state index contributed by atoms with van der Waals surface area (Å²) in [5, 5.41) is 4.52. The molecule has 144 valence electrons. The molecule has 26 heavy (non-hydrogen) atoms. The van der Waals surface area contributed by atoms with Gasteiger partial charge in [-0.15, -0.1) is 11.3 Å². The van der Waals surface area contributed by atoms with E-state index in [1.54, 1.807) is 11.3 Å². The summed E-state index contributed by atoms with van der Waals surface area (Å²) in [5.41, 5.74) is 0. The van der Waals surface area contributed by atoms with Crippen molar-refractivity contribution in [1.29, 1.82) is 0 Å². The van der Waals surface area contributed by atoms with Crippen LogP contribution in [0.3, 0.4) is 0 Å². The Kier molecular flexibility index (Phi) is 6.48. The van der Waals surface area contributed by atoms with Crippen molar-refractivity contribution in [3.05, 3.63) is 16.1 Å². The third kappa shape index (κ3) is 4.54. The molecule has 1 amide bonds. The van der Waals surface area contributed by atoms with E-state index < -0.39 is 0 Å². The Morgan fingerprint density at radius 1 is 1.23 bits per heavy atom. The van der Waals surface area contributed by atoms with Gasteiger partial charge in [-0.25, -0.2) is 4.98 Å². The van der Waals surface area contributed by atoms with E-state index in [9.17, 15) is 4.79 Å². The maximum absolute atomic E-state index is 12.6. The summed E-state index contributed by atoms with van der Waals surface area (Å²) < 4.78 is 0. The number of rotatable bonds is 4. The average Bonchev–Trinajstić information content (AvgIpc) is 3.33. The number of carbonyl (C=O) groups excluding carboxylic acids is 1. The first-order valence-electron chi connectivity index (χ1n) is 9.48. The lowest BCUT2D eigenvalue weighted by atomic mass is 10.2. The zero-order valence-electron chi connectivity index (χ0n) is 16.1. The summed E-state index contributed by atoms with van der Waals surface area (Å²) in [7, 11) is 1.83. The molecule has 0 spiro atoms. The molecule has 1 aromatic rings. The van der Waals surface area contributed by atoms with Crippen LogP contribution in [0, 0.1) is 6.92 Å². The quantitative estimate of drug-likeness (QED) is 0.629. The maximum Gasteiger partial charge on any atom is 0.239 e. The van der Waals surface area contributed by atoms with Crippen LogP contribution in [0.1, 0.15) is 29.7 Å². The zero-order chi connectivity index (χ0) is 18.5. The van der Waals surface area contributed by atoms with Crippen LogP contribution in [0.5, 0.6) is 0 Å². The van der Waals surface area contributed by atoms with Gasteiger partial charge in [0.2, 0.25) is 5.91 Å². The Labute approximate surface area is 160 Å². The van der Waals surface area contributed by atoms with E-state index in [0.717, 1.165) is 69.6 Å². The number of nitrogens with one attached hydrogen (secondary N) is 1. The molecule has 8 heteroatoms. The van der Waals surface area contributed by atoms with Crippen LogP contribution in [0.15, 0.2) is 11.2 Å². The molecule has 0 bridgehead atoms. The highest BCUT2D eigenvalue weighted by Gasteiger charge is 2.30. The van der Waals surface area contributed by atoms with Crippen LogP contribution in [-0.2, 0) is 11.3 Å². The number of aromatic nitrogens is 1. The van der Waals surface area contributed by atoms with Gasteiger partial charge in [0.1, 0.15) is 0 Å². The second-order valence-corrected chi connectivity index (χ2v) is 8.30. The normalized spacial score (nSPS) is 20.5. The van der Waals surface area contributed by atoms with Crippen molar-refractivity contribution >= 4 is 23.2 Å². The first kappa shape index (κ1) is 19.1. The van der Waals surface area contributed by atoms with Gasteiger partial charge < -0.3 is 15.1 Å². The van der Waals surface area contributed by atoms with Crippen LogP contribution in [0.2, 0.25) is 0 Å². The van der Waals surface area contributed by atoms with E-state index in [2.05, 4.69) is 32.0 Å². The van der Waals surface area contributed by atoms with Crippen molar-refractivity contribution in [1.82, 2.24) is 25.0 Å². The molecule has 2 aliphatic heterocycles. The summed E-state index contributed by atoms with van der Waals surface area (Å²) in [5.74, 6) is 1.22. The predicted molar refractivity (Wildman–Crippen MR) is 105 cm³/mol. The molecule has 1 N–H and O–H groups in total. The molecule has 7 nitrogen and oxygen atoms in total. The lowest BCUT2D eigenvalue weighted by Crippen LogP contribution is -2.57. The van der Waals surface area contributed by atoms with Crippen molar-refractivity contribution in [2.75, 3.05) is 46.3 Å². The number of aryl methyl sites for hydroxylation is 1. The molecule has 1 atom stereocenters. The van der Waals surface area contributed by atoms with E-state index in [1.165, 1.54) is 4.88 Å². The maximum atomic E-state index is 12.6. The Balaban J connectivity index is 1.47. The SMILES string of the molecule is CN=C(NCc1cnc(C)s1)N1CCN(C(C)C(=O)N2CCCC2)CC1. The fraction of sp³-hybridized carbons (Fsp3) is 0.722. The number of likely N-dealkylation sites (tertiary alicyclic amines) is 1. The molecule has 3 rings (SSSR count). The van der Waals surface area contributed by atoms with E-state index in [0.29, 0.717) is 5.91 Å². The molecule has 0 aliphatic carbocycles. The lowest BCUT2D eigenvalue weighted by molar-refractivity contribution is -0.135. The number of nitrogens with zero attached hydrogens (tertiary/aromatic N) is 5. The number of guanidine groups is 1. The highest BCUT2D eigenvalue weighted by Crippen LogP contribution is 2.14. The molecular formula is C18H30N6OS. The monoisotopic (exact) mass is 378 g/mol. The first-order valence-corrected chi connectivity index (χ1v) is 10.3. The molecule has 1 aromatic heterocycles. The molecule has 2 aliphatic rings. The van der Waals surface area contributed by atoms with Gasteiger partial charge in [0.15, 0.2) is 5.96 Å². The Morgan fingerprint density at radius 2 is 1.92 bits per heavy atom. The van der Waals surface area contributed by atoms with E-state index in [4.69, 9.17) is 0 Å². The minimum Gasteiger partial charge on any atom is -0.351 e. The minimum atomic E-state index is -0.0228. The number of aliphatic imine (C=N–C) groups is 1. The topological polar surface area (TPSA) is 64.1 Å². The van der Waals surface area contributed by atoms with Gasteiger partial charge in [-0.05, 0) is 26.7 Å². The number of amides is 1. The Bertz CT molecular complexity index is 631. The molecule has 0 radical (unpaired) electrons. The van der Waals surface area contributed by atoms with Gasteiger partial charge in [0.25, 0.3) is 0 Å². The second-order valence-electron chi connectivity index (χ2n) is 6.98. The summed E-state index contributed by atoms with van der Waals surface area (Å²) in [6.07, 6.45) is 4.21. The third-order valence-corrected chi connectivity index (χ3v) is 6.15. The molecule has 2 saturated heterocycles. The first-order chi connectivity index (χ1) is 12.6. The fourth-order valence-electron chi connectivity index (χ4n) is 3.66. The smallest absolute Gasteiger partial charge is 0.239 e. The Hall–Kier alpha value is -1.67. The number of carbonyl (C=O) groups is 1. The standard InChI is InChI=1S/C18H30N6OS/c1-14(17(25)23-6-4-5-7-23)22-8-10-24(11-9-22)18(19-3)21-13-16-12-20-15(2)26-16/h12,14H,4-11,13H2,1-3H3,(H,19,21). The van der Waals surface area contributed by atoms with Crippen molar-refractivity contribution in [3.8, 4) is 0 Å². The average molecular weight is 379 g/mol. The molecular weight excluding hydrogens is 348 g/mol. The minimum absolute atomic E-state index is 0.0228. The van der Waals surface area contributed by atoms with Gasteiger partial charge >= 0.3 is 0 Å². The van der Waals surface area contributed by atoms with Crippen molar-refractivity contribution in [3.63, 3.8) is 0 Å². The van der Waals surface area contributed by atoms with Gasteiger partial charge in [-0.1, -0.05) is 0 Å². The molecule has 0 aromatic carbocycles. The highest BCUT2D eigenvalue weighted by atomic mass is 32.1. The van der Waals surface area contributed by atoms with Gasteiger partial charge in [0.05, 0.1) is 17.6 Å². The molecule has 3 heterocycles. The zero-order valence-corrected chi connectivity index (χ0v) is 16.9. The van der Waals surface area contributed by atoms with Crippen LogP contribution < -0.4 is 5.32 Å². The fourth-order valence-corrected chi connectivity index (χ4v) is 4.40.